The molecule has 0 spiro atoms. The van der Waals surface area contributed by atoms with Gasteiger partial charge in [0.1, 0.15) is 17.2 Å². The van der Waals surface area contributed by atoms with Crippen LogP contribution in [0, 0.1) is 0 Å². The summed E-state index contributed by atoms with van der Waals surface area (Å²) in [6, 6.07) is 20.8. The van der Waals surface area contributed by atoms with Crippen LogP contribution >= 0.6 is 0 Å². The number of amides is 1. The van der Waals surface area contributed by atoms with Crippen molar-refractivity contribution in [3.63, 3.8) is 0 Å². The van der Waals surface area contributed by atoms with E-state index in [9.17, 15) is 14.7 Å². The Kier molecular flexibility index (Phi) is 7.48. The maximum Gasteiger partial charge on any atom is 0.307 e. The molecule has 8 heteroatoms. The van der Waals surface area contributed by atoms with Gasteiger partial charge in [0.25, 0.3) is 17.2 Å². The van der Waals surface area contributed by atoms with Crippen LogP contribution in [0.4, 0.5) is 17.1 Å². The van der Waals surface area contributed by atoms with Gasteiger partial charge in [-0.25, -0.2) is 0 Å². The van der Waals surface area contributed by atoms with Crippen LogP contribution in [0.25, 0.3) is 10.8 Å². The standard InChI is InChI=1S/C28H23N3O5/c1-3-35-24-16-23(25(36-4-2)15-22(24)29-28(34)18-10-6-5-7-11-18)30-31-26-21-13-9-8-12-19(21)14-20(17-32)27(26)33/h5-16H,3-4H2,1-2H3,(H-,29,30,31,32,33,34)/p+1. The second kappa shape index (κ2) is 11.1. The molecule has 0 aliphatic heterocycles. The molecule has 0 aliphatic rings. The molecule has 0 bridgehead atoms. The first-order valence-electron chi connectivity index (χ1n) is 11.4. The molecular weight excluding hydrogens is 458 g/mol. The minimum atomic E-state index is -0.317. The first-order valence-corrected chi connectivity index (χ1v) is 11.4. The van der Waals surface area contributed by atoms with E-state index in [0.29, 0.717) is 52.4 Å². The summed E-state index contributed by atoms with van der Waals surface area (Å²) < 4.78 is 11.5. The highest BCUT2D eigenvalue weighted by atomic mass is 16.5. The number of phenols is 1. The molecule has 0 fully saturated rings. The number of carbonyl (C=O) groups is 1. The number of nitrogens with zero attached hydrogens (tertiary/aromatic N) is 2. The van der Waals surface area contributed by atoms with Gasteiger partial charge in [-0.05, 0) is 38.1 Å². The highest BCUT2D eigenvalue weighted by Gasteiger charge is 2.22. The van der Waals surface area contributed by atoms with Gasteiger partial charge in [-0.2, -0.15) is 0 Å². The SMILES string of the molecule is CCOc1cc(NC(=O)c2ccccc2)c(OCC)cc1N=Nc1c(O)c([C+]=O)cc2ccccc12. The third-order valence-electron chi connectivity index (χ3n) is 5.31. The van der Waals surface area contributed by atoms with E-state index in [0.717, 1.165) is 0 Å². The summed E-state index contributed by atoms with van der Waals surface area (Å²) >= 11 is 0. The normalized spacial score (nSPS) is 10.8. The number of hydrogen-bond donors (Lipinski definition) is 2. The minimum Gasteiger partial charge on any atom is -0.492 e. The molecule has 2 N–H and O–H groups in total. The Morgan fingerprint density at radius 2 is 1.61 bits per heavy atom. The predicted molar refractivity (Wildman–Crippen MR) is 138 cm³/mol. The molecule has 8 nitrogen and oxygen atoms in total. The van der Waals surface area contributed by atoms with Crippen molar-refractivity contribution in [3.8, 4) is 17.2 Å². The molecule has 0 atom stereocenters. The van der Waals surface area contributed by atoms with E-state index in [2.05, 4.69) is 15.5 Å². The van der Waals surface area contributed by atoms with Crippen LogP contribution in [-0.4, -0.2) is 30.5 Å². The van der Waals surface area contributed by atoms with Crippen LogP contribution in [-0.2, 0) is 4.79 Å². The van der Waals surface area contributed by atoms with Crippen LogP contribution in [0.15, 0.2) is 83.0 Å². The lowest BCUT2D eigenvalue weighted by Crippen LogP contribution is -2.13. The van der Waals surface area contributed by atoms with Crippen LogP contribution < -0.4 is 14.8 Å². The zero-order valence-electron chi connectivity index (χ0n) is 19.8. The van der Waals surface area contributed by atoms with Crippen molar-refractivity contribution in [2.75, 3.05) is 18.5 Å². The zero-order valence-corrected chi connectivity index (χ0v) is 19.8. The highest BCUT2D eigenvalue weighted by Crippen LogP contribution is 2.42. The van der Waals surface area contributed by atoms with Gasteiger partial charge in [-0.3, -0.25) is 4.79 Å². The summed E-state index contributed by atoms with van der Waals surface area (Å²) in [4.78, 5) is 24.1. The van der Waals surface area contributed by atoms with Gasteiger partial charge in [0.2, 0.25) is 0 Å². The van der Waals surface area contributed by atoms with Gasteiger partial charge < -0.3 is 19.9 Å². The van der Waals surface area contributed by atoms with Gasteiger partial charge >= 0.3 is 6.29 Å². The number of phenolic OH excluding ortho intramolecular Hbond substituents is 1. The molecule has 180 valence electrons. The topological polar surface area (TPSA) is 110 Å². The summed E-state index contributed by atoms with van der Waals surface area (Å²) in [5.74, 6) is 0.118. The predicted octanol–water partition coefficient (Wildman–Crippen LogP) is 6.47. The molecule has 0 saturated heterocycles. The van der Waals surface area contributed by atoms with E-state index < -0.39 is 0 Å². The highest BCUT2D eigenvalue weighted by molar-refractivity contribution is 6.05. The van der Waals surface area contributed by atoms with Crippen LogP contribution in [0.1, 0.15) is 29.8 Å². The molecule has 0 unspecified atom stereocenters. The number of fused-ring (bicyclic) bond motifs is 1. The smallest absolute Gasteiger partial charge is 0.307 e. The first kappa shape index (κ1) is 24.3. The Morgan fingerprint density at radius 3 is 2.33 bits per heavy atom. The number of nitrogens with one attached hydrogen (secondary N) is 1. The Labute approximate surface area is 208 Å². The summed E-state index contributed by atoms with van der Waals surface area (Å²) in [7, 11) is 0. The third kappa shape index (κ3) is 5.14. The second-order valence-electron chi connectivity index (χ2n) is 7.65. The Balaban J connectivity index is 1.78. The minimum absolute atomic E-state index is 0.0124. The molecule has 0 aliphatic carbocycles. The average Bonchev–Trinajstić information content (AvgIpc) is 2.90. The fourth-order valence-electron chi connectivity index (χ4n) is 3.66. The number of aromatic hydroxyl groups is 1. The monoisotopic (exact) mass is 482 g/mol. The van der Waals surface area contributed by atoms with E-state index in [1.807, 2.05) is 26.0 Å². The second-order valence-corrected chi connectivity index (χ2v) is 7.65. The van der Waals surface area contributed by atoms with Crippen molar-refractivity contribution < 1.29 is 24.2 Å². The van der Waals surface area contributed by atoms with E-state index >= 15 is 0 Å². The van der Waals surface area contributed by atoms with Gasteiger partial charge in [-0.1, -0.05) is 30.3 Å². The molecule has 4 rings (SSSR count). The van der Waals surface area contributed by atoms with E-state index in [4.69, 9.17) is 9.47 Å². The van der Waals surface area contributed by atoms with Gasteiger partial charge in [0, 0.05) is 28.5 Å². The number of ether oxygens (including phenoxy) is 2. The number of rotatable bonds is 9. The Hall–Kier alpha value is -4.81. The van der Waals surface area contributed by atoms with Gasteiger partial charge in [-0.15, -0.1) is 15.0 Å². The van der Waals surface area contributed by atoms with Crippen molar-refractivity contribution in [1.29, 1.82) is 0 Å². The summed E-state index contributed by atoms with van der Waals surface area (Å²) in [6.45, 7) is 4.34. The zero-order chi connectivity index (χ0) is 25.5. The number of azo groups is 1. The Bertz CT molecular complexity index is 1430. The lowest BCUT2D eigenvalue weighted by Gasteiger charge is -2.15. The number of anilines is 1. The maximum absolute atomic E-state index is 12.7. The quantitative estimate of drug-likeness (QED) is 0.210. The van der Waals surface area contributed by atoms with Crippen molar-refractivity contribution in [2.24, 2.45) is 10.2 Å². The maximum atomic E-state index is 12.7. The lowest BCUT2D eigenvalue weighted by atomic mass is 10.0. The fraction of sp³-hybridized carbons (Fsp3) is 0.143. The summed E-state index contributed by atoms with van der Waals surface area (Å²) in [5.41, 5.74) is 1.35. The van der Waals surface area contributed by atoms with Gasteiger partial charge in [0.05, 0.1) is 25.0 Å². The lowest BCUT2D eigenvalue weighted by molar-refractivity contribution is 0.102. The van der Waals surface area contributed by atoms with Crippen LogP contribution in [0.2, 0.25) is 0 Å². The van der Waals surface area contributed by atoms with Crippen molar-refractivity contribution >= 4 is 40.0 Å². The van der Waals surface area contributed by atoms with Crippen LogP contribution in [0.5, 0.6) is 17.2 Å². The first-order chi connectivity index (χ1) is 17.5. The van der Waals surface area contributed by atoms with Crippen LogP contribution in [0.3, 0.4) is 0 Å². The summed E-state index contributed by atoms with van der Waals surface area (Å²) in [6.07, 6.45) is 1.74. The molecule has 4 aromatic rings. The molecule has 0 heterocycles. The van der Waals surface area contributed by atoms with E-state index in [-0.39, 0.29) is 22.9 Å². The number of hydrogen-bond acceptors (Lipinski definition) is 7. The van der Waals surface area contributed by atoms with Gasteiger partial charge in [0.15, 0.2) is 5.69 Å². The number of carbonyl (C=O) groups excluding carboxylic acids is 2. The molecule has 36 heavy (non-hydrogen) atoms. The van der Waals surface area contributed by atoms with Crippen molar-refractivity contribution in [1.82, 2.24) is 0 Å². The third-order valence-corrected chi connectivity index (χ3v) is 5.31. The Morgan fingerprint density at radius 1 is 0.917 bits per heavy atom. The van der Waals surface area contributed by atoms with E-state index in [1.54, 1.807) is 66.9 Å². The average molecular weight is 483 g/mol. The summed E-state index contributed by atoms with van der Waals surface area (Å²) in [5, 5.41) is 23.4. The molecule has 4 aromatic carbocycles. The largest absolute Gasteiger partial charge is 0.492 e. The molecule has 0 aromatic heterocycles. The molecule has 0 saturated carbocycles. The number of benzene rings is 4. The van der Waals surface area contributed by atoms with Crippen molar-refractivity contribution in [2.45, 2.75) is 13.8 Å². The van der Waals surface area contributed by atoms with E-state index in [1.165, 1.54) is 0 Å². The molecular formula is C28H24N3O5+. The fourth-order valence-corrected chi connectivity index (χ4v) is 3.66. The molecule has 1 amide bonds. The molecule has 0 radical (unpaired) electrons. The van der Waals surface area contributed by atoms with Crippen molar-refractivity contribution in [3.05, 3.63) is 83.9 Å².